The predicted octanol–water partition coefficient (Wildman–Crippen LogP) is 1.56. The average molecular weight is 405 g/mol. The molecule has 146 valence electrons. The minimum absolute atomic E-state index is 0.160. The molecule has 0 aromatic carbocycles. The molecule has 0 fully saturated rings. The van der Waals surface area contributed by atoms with Gasteiger partial charge in [0.25, 0.3) is 0 Å². The third-order valence-electron chi connectivity index (χ3n) is 4.46. The summed E-state index contributed by atoms with van der Waals surface area (Å²) >= 11 is 1.57. The number of hydrogen-bond acceptors (Lipinski definition) is 6. The second-order valence-corrected chi connectivity index (χ2v) is 7.43. The second-order valence-electron chi connectivity index (χ2n) is 6.40. The lowest BCUT2D eigenvalue weighted by molar-refractivity contribution is 0.234. The quantitative estimate of drug-likeness (QED) is 0.491. The van der Waals surface area contributed by atoms with Crippen molar-refractivity contribution in [3.8, 4) is 17.7 Å². The lowest BCUT2D eigenvalue weighted by Gasteiger charge is -2.15. The minimum Gasteiger partial charge on any atom is -0.380 e. The molecular formula is C21H19N5O2S. The van der Waals surface area contributed by atoms with E-state index in [9.17, 15) is 9.90 Å². The molecule has 0 saturated carbocycles. The molecule has 0 aliphatic carbocycles. The number of aliphatic hydroxyl groups is 1. The van der Waals surface area contributed by atoms with Gasteiger partial charge in [0.1, 0.15) is 11.8 Å². The minimum atomic E-state index is -0.839. The maximum Gasteiger partial charge on any atom is 0.215 e. The Morgan fingerprint density at radius 2 is 2.17 bits per heavy atom. The molecule has 4 rings (SSSR count). The molecular weight excluding hydrogens is 386 g/mol. The second kappa shape index (κ2) is 8.41. The summed E-state index contributed by atoms with van der Waals surface area (Å²) in [5, 5.41) is 12.8. The van der Waals surface area contributed by atoms with Crippen LogP contribution in [-0.4, -0.2) is 36.9 Å². The Kier molecular flexibility index (Phi) is 5.53. The van der Waals surface area contributed by atoms with Crippen molar-refractivity contribution in [3.05, 3.63) is 75.4 Å². The van der Waals surface area contributed by atoms with Crippen molar-refractivity contribution in [1.82, 2.24) is 19.1 Å². The number of rotatable bonds is 5. The van der Waals surface area contributed by atoms with Crippen molar-refractivity contribution in [2.45, 2.75) is 18.9 Å². The fourth-order valence-corrected chi connectivity index (χ4v) is 3.94. The monoisotopic (exact) mass is 405 g/mol. The Hall–Kier alpha value is -3.25. The van der Waals surface area contributed by atoms with Gasteiger partial charge >= 0.3 is 0 Å². The molecule has 4 aromatic heterocycles. The zero-order valence-corrected chi connectivity index (χ0v) is 16.3. The fraction of sp³-hybridized carbons (Fsp3) is 0.190. The highest BCUT2D eigenvalue weighted by molar-refractivity contribution is 7.09. The van der Waals surface area contributed by atoms with Crippen LogP contribution in [0.25, 0.3) is 16.7 Å². The van der Waals surface area contributed by atoms with Crippen molar-refractivity contribution < 1.29 is 5.11 Å². The molecule has 3 N–H and O–H groups in total. The lowest BCUT2D eigenvalue weighted by Crippen LogP contribution is -2.23. The molecule has 1 unspecified atom stereocenters. The predicted molar refractivity (Wildman–Crippen MR) is 113 cm³/mol. The van der Waals surface area contributed by atoms with E-state index in [-0.39, 0.29) is 5.43 Å². The van der Waals surface area contributed by atoms with Crippen LogP contribution in [0.5, 0.6) is 0 Å². The summed E-state index contributed by atoms with van der Waals surface area (Å²) in [6.07, 6.45) is 6.53. The van der Waals surface area contributed by atoms with Crippen molar-refractivity contribution in [3.63, 3.8) is 0 Å². The SMILES string of the molecule is NCCc1c(-n2ccnc2)c(=O)c2cccnc2n1C#CC(O)Cc1cccs1. The van der Waals surface area contributed by atoms with Crippen LogP contribution in [-0.2, 0) is 12.8 Å². The van der Waals surface area contributed by atoms with E-state index in [4.69, 9.17) is 5.73 Å². The number of nitrogens with zero attached hydrogens (tertiary/aromatic N) is 4. The van der Waals surface area contributed by atoms with Gasteiger partial charge in [-0.1, -0.05) is 6.07 Å². The number of pyridine rings is 2. The molecule has 0 aliphatic heterocycles. The summed E-state index contributed by atoms with van der Waals surface area (Å²) in [5.74, 6) is 2.89. The first-order valence-electron chi connectivity index (χ1n) is 9.12. The van der Waals surface area contributed by atoms with E-state index >= 15 is 0 Å². The van der Waals surface area contributed by atoms with E-state index < -0.39 is 6.10 Å². The number of aromatic nitrogens is 4. The molecule has 7 nitrogen and oxygen atoms in total. The van der Waals surface area contributed by atoms with Crippen LogP contribution >= 0.6 is 11.3 Å². The van der Waals surface area contributed by atoms with Gasteiger partial charge in [-0.25, -0.2) is 9.97 Å². The number of aliphatic hydroxyl groups excluding tert-OH is 1. The Morgan fingerprint density at radius 3 is 2.90 bits per heavy atom. The van der Waals surface area contributed by atoms with Gasteiger partial charge in [-0.05, 0) is 36.0 Å². The van der Waals surface area contributed by atoms with E-state index in [0.717, 1.165) is 4.88 Å². The first-order valence-corrected chi connectivity index (χ1v) is 10.00. The Bertz CT molecular complexity index is 1230. The van der Waals surface area contributed by atoms with Crippen molar-refractivity contribution >= 4 is 22.4 Å². The van der Waals surface area contributed by atoms with E-state index in [1.54, 1.807) is 57.5 Å². The largest absolute Gasteiger partial charge is 0.380 e. The molecule has 29 heavy (non-hydrogen) atoms. The summed E-state index contributed by atoms with van der Waals surface area (Å²) < 4.78 is 3.33. The first-order chi connectivity index (χ1) is 14.2. The Morgan fingerprint density at radius 1 is 1.28 bits per heavy atom. The topological polar surface area (TPSA) is 99.0 Å². The van der Waals surface area contributed by atoms with Crippen LogP contribution in [0.4, 0.5) is 0 Å². The molecule has 4 heterocycles. The van der Waals surface area contributed by atoms with Crippen LogP contribution in [0.3, 0.4) is 0 Å². The zero-order chi connectivity index (χ0) is 20.2. The lowest BCUT2D eigenvalue weighted by atomic mass is 10.1. The van der Waals surface area contributed by atoms with Crippen LogP contribution < -0.4 is 11.2 Å². The van der Waals surface area contributed by atoms with Crippen LogP contribution in [0.15, 0.2) is 59.4 Å². The highest BCUT2D eigenvalue weighted by Crippen LogP contribution is 2.18. The average Bonchev–Trinajstić information content (AvgIpc) is 3.42. The molecule has 4 aromatic rings. The van der Waals surface area contributed by atoms with Gasteiger partial charge in [0, 0.05) is 42.4 Å². The molecule has 0 aliphatic rings. The number of nitrogens with two attached hydrogens (primary N) is 1. The number of imidazole rings is 1. The number of fused-ring (bicyclic) bond motifs is 1. The van der Waals surface area contributed by atoms with Gasteiger partial charge in [-0.2, -0.15) is 0 Å². The van der Waals surface area contributed by atoms with Gasteiger partial charge in [0.2, 0.25) is 5.43 Å². The maximum atomic E-state index is 13.2. The smallest absolute Gasteiger partial charge is 0.215 e. The third-order valence-corrected chi connectivity index (χ3v) is 5.36. The molecule has 8 heteroatoms. The van der Waals surface area contributed by atoms with Crippen molar-refractivity contribution in [2.75, 3.05) is 6.54 Å². The summed E-state index contributed by atoms with van der Waals surface area (Å²) in [5.41, 5.74) is 7.20. The van der Waals surface area contributed by atoms with Crippen LogP contribution in [0.1, 0.15) is 10.6 Å². The Balaban J connectivity index is 1.90. The van der Waals surface area contributed by atoms with Crippen molar-refractivity contribution in [2.24, 2.45) is 5.73 Å². The van der Waals surface area contributed by atoms with Crippen molar-refractivity contribution in [1.29, 1.82) is 0 Å². The molecule has 0 saturated heterocycles. The summed E-state index contributed by atoms with van der Waals surface area (Å²) in [6, 6.07) is 10.4. The van der Waals surface area contributed by atoms with Gasteiger partial charge in [-0.3, -0.25) is 9.36 Å². The number of hydrogen-bond donors (Lipinski definition) is 2. The highest BCUT2D eigenvalue weighted by Gasteiger charge is 2.18. The highest BCUT2D eigenvalue weighted by atomic mass is 32.1. The van der Waals surface area contributed by atoms with E-state index in [1.165, 1.54) is 0 Å². The Labute approximate surface area is 171 Å². The van der Waals surface area contributed by atoms with Crippen LogP contribution in [0.2, 0.25) is 0 Å². The summed E-state index contributed by atoms with van der Waals surface area (Å²) in [4.78, 5) is 22.7. The van der Waals surface area contributed by atoms with Gasteiger partial charge in [-0.15, -0.1) is 11.3 Å². The third kappa shape index (κ3) is 3.84. The number of thiophene rings is 1. The van der Waals surface area contributed by atoms with Crippen LogP contribution in [0, 0.1) is 12.0 Å². The molecule has 0 amide bonds. The van der Waals surface area contributed by atoms with E-state index in [2.05, 4.69) is 21.9 Å². The zero-order valence-electron chi connectivity index (χ0n) is 15.5. The van der Waals surface area contributed by atoms with E-state index in [1.807, 2.05) is 17.5 Å². The van der Waals surface area contributed by atoms with Gasteiger partial charge in [0.05, 0.1) is 17.4 Å². The van der Waals surface area contributed by atoms with Gasteiger partial charge in [0.15, 0.2) is 5.65 Å². The first kappa shape index (κ1) is 19.1. The molecule has 0 bridgehead atoms. The molecule has 0 radical (unpaired) electrons. The standard InChI is InChI=1S/C21H19N5O2S/c22-7-5-18-19(25-11-9-23-14-25)20(28)17-4-1-8-24-21(17)26(18)10-6-15(27)13-16-3-2-12-29-16/h1-4,8-9,11-12,14-15,27H,5,7,13,22H2. The summed E-state index contributed by atoms with van der Waals surface area (Å²) in [6.45, 7) is 0.332. The molecule has 0 spiro atoms. The summed E-state index contributed by atoms with van der Waals surface area (Å²) in [7, 11) is 0. The maximum absolute atomic E-state index is 13.2. The normalized spacial score (nSPS) is 11.9. The van der Waals surface area contributed by atoms with E-state index in [0.29, 0.717) is 41.8 Å². The van der Waals surface area contributed by atoms with Gasteiger partial charge < -0.3 is 15.4 Å². The molecule has 1 atom stereocenters. The fourth-order valence-electron chi connectivity index (χ4n) is 3.20.